The molecule has 5 atom stereocenters. The van der Waals surface area contributed by atoms with E-state index < -0.39 is 5.72 Å². The minimum Gasteiger partial charge on any atom is -0.370 e. The Morgan fingerprint density at radius 2 is 1.79 bits per heavy atom. The molecular weight excluding hydrogens is 538 g/mol. The van der Waals surface area contributed by atoms with Gasteiger partial charge < -0.3 is 31.3 Å². The van der Waals surface area contributed by atoms with Crippen LogP contribution in [0.5, 0.6) is 0 Å². The van der Waals surface area contributed by atoms with Gasteiger partial charge in [-0.2, -0.15) is 24.4 Å². The Hall–Kier alpha value is -1.66. The number of hydrogen-bond acceptors (Lipinski definition) is 7. The number of urea groups is 1. The van der Waals surface area contributed by atoms with Crippen molar-refractivity contribution in [3.63, 3.8) is 0 Å². The molecule has 0 spiro atoms. The molecule has 4 fully saturated rings. The molecule has 12 heteroatoms. The molecule has 5 N–H and O–H groups in total. The topological polar surface area (TPSA) is 140 Å². The molecule has 220 valence electrons. The van der Waals surface area contributed by atoms with Crippen LogP contribution in [0.25, 0.3) is 0 Å². The molecule has 3 aliphatic heterocycles. The lowest BCUT2D eigenvalue weighted by Gasteiger charge is -2.37. The first-order chi connectivity index (χ1) is 18.6. The molecular formula is C27H45N5O5S2. The van der Waals surface area contributed by atoms with E-state index >= 15 is 0 Å². The predicted octanol–water partition coefficient (Wildman–Crippen LogP) is 1.77. The largest absolute Gasteiger partial charge is 0.370 e. The van der Waals surface area contributed by atoms with Gasteiger partial charge in [-0.15, -0.1) is 0 Å². The number of aliphatic hydroxyl groups is 1. The fraction of sp³-hybridized carbons (Fsp3) is 0.852. The number of rotatable bonds is 13. The zero-order chi connectivity index (χ0) is 28.0. The number of amides is 5. The van der Waals surface area contributed by atoms with Crippen LogP contribution in [-0.2, 0) is 14.4 Å². The van der Waals surface area contributed by atoms with E-state index in [0.717, 1.165) is 63.5 Å². The lowest BCUT2D eigenvalue weighted by molar-refractivity contribution is -0.144. The number of thiol groups is 1. The molecule has 4 rings (SSSR count). The molecule has 0 bridgehead atoms. The average molecular weight is 584 g/mol. The van der Waals surface area contributed by atoms with Crippen LogP contribution in [0, 0.1) is 11.8 Å². The number of nitrogens with one attached hydrogen (secondary N) is 4. The van der Waals surface area contributed by atoms with Gasteiger partial charge >= 0.3 is 6.03 Å². The molecule has 0 aromatic rings. The van der Waals surface area contributed by atoms with Gasteiger partial charge in [0.25, 0.3) is 0 Å². The maximum atomic E-state index is 12.6. The molecule has 4 aliphatic rings. The molecule has 39 heavy (non-hydrogen) atoms. The predicted molar refractivity (Wildman–Crippen MR) is 154 cm³/mol. The highest BCUT2D eigenvalue weighted by molar-refractivity contribution is 8.00. The van der Waals surface area contributed by atoms with Crippen molar-refractivity contribution in [3.8, 4) is 0 Å². The summed E-state index contributed by atoms with van der Waals surface area (Å²) in [7, 11) is 0. The Morgan fingerprint density at radius 3 is 2.49 bits per heavy atom. The number of carbonyl (C=O) groups is 4. The van der Waals surface area contributed by atoms with Crippen molar-refractivity contribution in [3.05, 3.63) is 0 Å². The average Bonchev–Trinajstić information content (AvgIpc) is 3.51. The third-order valence-electron chi connectivity index (χ3n) is 8.81. The molecule has 0 aromatic heterocycles. The zero-order valence-corrected chi connectivity index (χ0v) is 24.7. The highest BCUT2D eigenvalue weighted by Crippen LogP contribution is 2.36. The number of hydrogen-bond donors (Lipinski definition) is 6. The molecule has 0 aromatic carbocycles. The second-order valence-corrected chi connectivity index (χ2v) is 13.6. The number of unbranched alkanes of at least 4 members (excludes halogenated alkanes) is 2. The number of carbonyl (C=O) groups excluding carboxylic acids is 4. The van der Waals surface area contributed by atoms with Gasteiger partial charge in [-0.05, 0) is 64.2 Å². The van der Waals surface area contributed by atoms with Gasteiger partial charge in [0, 0.05) is 49.4 Å². The molecule has 3 heterocycles. The first-order valence-corrected chi connectivity index (χ1v) is 16.2. The van der Waals surface area contributed by atoms with E-state index in [4.69, 9.17) is 0 Å². The Balaban J connectivity index is 0.985. The quantitative estimate of drug-likeness (QED) is 0.111. The van der Waals surface area contributed by atoms with Gasteiger partial charge in [-0.3, -0.25) is 14.4 Å². The molecule has 1 aliphatic carbocycles. The van der Waals surface area contributed by atoms with Gasteiger partial charge in [0.2, 0.25) is 17.7 Å². The van der Waals surface area contributed by atoms with E-state index in [1.54, 1.807) is 11.8 Å². The van der Waals surface area contributed by atoms with Crippen LogP contribution in [0.15, 0.2) is 0 Å². The van der Waals surface area contributed by atoms with Gasteiger partial charge in [0.15, 0.2) is 0 Å². The van der Waals surface area contributed by atoms with Crippen molar-refractivity contribution in [1.82, 2.24) is 26.2 Å². The van der Waals surface area contributed by atoms with Crippen molar-refractivity contribution >= 4 is 48.1 Å². The third kappa shape index (κ3) is 7.97. The Kier molecular flexibility index (Phi) is 10.7. The highest BCUT2D eigenvalue weighted by atomic mass is 32.2. The summed E-state index contributed by atoms with van der Waals surface area (Å²) in [6.45, 7) is 3.41. The molecule has 3 saturated heterocycles. The molecule has 5 amide bonds. The summed E-state index contributed by atoms with van der Waals surface area (Å²) in [6.07, 6.45) is 8.61. The second kappa shape index (κ2) is 13.8. The molecule has 0 radical (unpaired) electrons. The SMILES string of the molecule is CC1(O)C(S)CC(=O)N1CC1CCC(C(=O)NCCCCNC(=O)CCCC[C@@H]2SCC3NC(=O)NC32)CC1. The Labute approximate surface area is 241 Å². The number of nitrogens with zero attached hydrogens (tertiary/aromatic N) is 1. The minimum atomic E-state index is -1.21. The van der Waals surface area contributed by atoms with Crippen molar-refractivity contribution < 1.29 is 24.3 Å². The zero-order valence-electron chi connectivity index (χ0n) is 23.0. The fourth-order valence-corrected chi connectivity index (χ4v) is 8.09. The maximum absolute atomic E-state index is 12.6. The van der Waals surface area contributed by atoms with Gasteiger partial charge in [-0.25, -0.2) is 4.79 Å². The summed E-state index contributed by atoms with van der Waals surface area (Å²) in [4.78, 5) is 50.0. The van der Waals surface area contributed by atoms with Crippen molar-refractivity contribution in [2.75, 3.05) is 25.4 Å². The highest BCUT2D eigenvalue weighted by Gasteiger charge is 2.47. The molecule has 4 unspecified atom stereocenters. The van der Waals surface area contributed by atoms with Crippen LogP contribution in [0.3, 0.4) is 0 Å². The first-order valence-electron chi connectivity index (χ1n) is 14.6. The number of thioether (sulfide) groups is 1. The van der Waals surface area contributed by atoms with E-state index in [-0.39, 0.29) is 53.4 Å². The molecule has 1 saturated carbocycles. The summed E-state index contributed by atoms with van der Waals surface area (Å²) < 4.78 is 0. The van der Waals surface area contributed by atoms with Crippen LogP contribution in [-0.4, -0.2) is 87.5 Å². The third-order valence-corrected chi connectivity index (χ3v) is 11.0. The van der Waals surface area contributed by atoms with Gasteiger partial charge in [0.05, 0.1) is 17.3 Å². The Morgan fingerprint density at radius 1 is 1.08 bits per heavy atom. The van der Waals surface area contributed by atoms with Crippen LogP contribution in [0.1, 0.15) is 77.6 Å². The normalized spacial score (nSPS) is 34.0. The number of fused-ring (bicyclic) bond motifs is 1. The molecule has 10 nitrogen and oxygen atoms in total. The summed E-state index contributed by atoms with van der Waals surface area (Å²) in [6, 6.07) is 0.405. The smallest absolute Gasteiger partial charge is 0.315 e. The minimum absolute atomic E-state index is 0.00286. The maximum Gasteiger partial charge on any atom is 0.315 e. The van der Waals surface area contributed by atoms with Crippen molar-refractivity contribution in [2.24, 2.45) is 11.8 Å². The van der Waals surface area contributed by atoms with E-state index in [1.807, 2.05) is 11.8 Å². The summed E-state index contributed by atoms with van der Waals surface area (Å²) in [5.41, 5.74) is -1.21. The first kappa shape index (κ1) is 30.3. The summed E-state index contributed by atoms with van der Waals surface area (Å²) in [5, 5.41) is 22.6. The fourth-order valence-electron chi connectivity index (χ4n) is 6.25. The van der Waals surface area contributed by atoms with E-state index in [1.165, 1.54) is 0 Å². The van der Waals surface area contributed by atoms with Crippen molar-refractivity contribution in [1.29, 1.82) is 0 Å². The van der Waals surface area contributed by atoms with Crippen LogP contribution in [0.4, 0.5) is 4.79 Å². The lowest BCUT2D eigenvalue weighted by Crippen LogP contribution is -2.49. The summed E-state index contributed by atoms with van der Waals surface area (Å²) in [5.74, 6) is 1.38. The van der Waals surface area contributed by atoms with Crippen LogP contribution >= 0.6 is 24.4 Å². The second-order valence-electron chi connectivity index (χ2n) is 11.8. The van der Waals surface area contributed by atoms with Crippen molar-refractivity contribution in [2.45, 2.75) is 106 Å². The monoisotopic (exact) mass is 583 g/mol. The van der Waals surface area contributed by atoms with Crippen LogP contribution < -0.4 is 21.3 Å². The standard InChI is InChI=1S/C27H45N5O5S2/c1-27(37)21(38)14-23(34)32(27)15-17-8-10-18(11-9-17)25(35)29-13-5-4-12-28-22(33)7-3-2-6-20-24-19(16-39-20)30-26(36)31-24/h17-21,24,37-38H,2-16H2,1H3,(H,28,33)(H,29,35)(H2,30,31,36)/t17?,18?,19?,20-,21?,24?,27?/m0/s1. The van der Waals surface area contributed by atoms with E-state index in [9.17, 15) is 24.3 Å². The van der Waals surface area contributed by atoms with Gasteiger partial charge in [0.1, 0.15) is 5.72 Å². The van der Waals surface area contributed by atoms with Crippen LogP contribution in [0.2, 0.25) is 0 Å². The number of likely N-dealkylation sites (tertiary alicyclic amines) is 1. The van der Waals surface area contributed by atoms with Gasteiger partial charge in [-0.1, -0.05) is 6.42 Å². The van der Waals surface area contributed by atoms with E-state index in [2.05, 4.69) is 33.9 Å². The Bertz CT molecular complexity index is 898. The van der Waals surface area contributed by atoms with E-state index in [0.29, 0.717) is 37.2 Å². The lowest BCUT2D eigenvalue weighted by atomic mass is 9.81. The summed E-state index contributed by atoms with van der Waals surface area (Å²) >= 11 is 6.26.